The van der Waals surface area contributed by atoms with Gasteiger partial charge in [-0.15, -0.1) is 0 Å². The summed E-state index contributed by atoms with van der Waals surface area (Å²) in [5.74, 6) is 1.59. The lowest BCUT2D eigenvalue weighted by Gasteiger charge is -2.30. The molecular weight excluding hydrogens is 300 g/mol. The molecule has 1 aromatic carbocycles. The average molecular weight is 322 g/mol. The third-order valence-electron chi connectivity index (χ3n) is 5.10. The molecule has 0 aliphatic carbocycles. The Morgan fingerprint density at radius 1 is 1.08 bits per heavy atom. The number of para-hydroxylation sites is 1. The summed E-state index contributed by atoms with van der Waals surface area (Å²) >= 11 is 0. The minimum Gasteiger partial charge on any atom is -0.355 e. The Kier molecular flexibility index (Phi) is 3.92. The standard InChI is InChI=1S/C19H22N4O/c1-14-6-9-22(10-7-14)18-13-20-16(12-21-18)19(24)23-11-8-15-4-2-3-5-17(15)23/h2-5,12-14H,6-11H2,1H3. The number of carbonyl (C=O) groups is 1. The van der Waals surface area contributed by atoms with Gasteiger partial charge in [-0.2, -0.15) is 0 Å². The lowest BCUT2D eigenvalue weighted by atomic mass is 9.99. The second-order valence-corrected chi connectivity index (χ2v) is 6.76. The molecule has 5 heteroatoms. The maximum atomic E-state index is 12.8. The predicted molar refractivity (Wildman–Crippen MR) is 94.5 cm³/mol. The van der Waals surface area contributed by atoms with Crippen molar-refractivity contribution >= 4 is 17.4 Å². The normalized spacial score (nSPS) is 17.9. The summed E-state index contributed by atoms with van der Waals surface area (Å²) in [6.45, 7) is 5.04. The minimum absolute atomic E-state index is 0.0636. The zero-order chi connectivity index (χ0) is 16.5. The fraction of sp³-hybridized carbons (Fsp3) is 0.421. The number of carbonyl (C=O) groups excluding carboxylic acids is 1. The predicted octanol–water partition coefficient (Wildman–Crippen LogP) is 2.92. The second kappa shape index (κ2) is 6.23. The first-order valence-corrected chi connectivity index (χ1v) is 8.69. The van der Waals surface area contributed by atoms with E-state index in [1.165, 1.54) is 18.4 Å². The number of benzene rings is 1. The number of amides is 1. The minimum atomic E-state index is -0.0636. The summed E-state index contributed by atoms with van der Waals surface area (Å²) in [6.07, 6.45) is 6.64. The molecule has 0 radical (unpaired) electrons. The summed E-state index contributed by atoms with van der Waals surface area (Å²) in [4.78, 5) is 25.7. The molecule has 0 bridgehead atoms. The van der Waals surface area contributed by atoms with Crippen molar-refractivity contribution in [1.82, 2.24) is 9.97 Å². The number of hydrogen-bond acceptors (Lipinski definition) is 4. The first-order chi connectivity index (χ1) is 11.7. The van der Waals surface area contributed by atoms with Gasteiger partial charge >= 0.3 is 0 Å². The lowest BCUT2D eigenvalue weighted by molar-refractivity contribution is 0.0984. The number of hydrogen-bond donors (Lipinski definition) is 0. The second-order valence-electron chi connectivity index (χ2n) is 6.76. The van der Waals surface area contributed by atoms with Crippen molar-refractivity contribution in [1.29, 1.82) is 0 Å². The molecule has 1 amide bonds. The molecule has 3 heterocycles. The van der Waals surface area contributed by atoms with Crippen LogP contribution in [0, 0.1) is 5.92 Å². The van der Waals surface area contributed by atoms with E-state index in [0.29, 0.717) is 12.2 Å². The van der Waals surface area contributed by atoms with E-state index in [1.807, 2.05) is 23.1 Å². The van der Waals surface area contributed by atoms with E-state index in [9.17, 15) is 4.79 Å². The van der Waals surface area contributed by atoms with Crippen molar-refractivity contribution in [3.8, 4) is 0 Å². The largest absolute Gasteiger partial charge is 0.355 e. The topological polar surface area (TPSA) is 49.3 Å². The van der Waals surface area contributed by atoms with Gasteiger partial charge in [0, 0.05) is 25.3 Å². The fourth-order valence-corrected chi connectivity index (χ4v) is 3.52. The summed E-state index contributed by atoms with van der Waals surface area (Å²) in [6, 6.07) is 8.06. The van der Waals surface area contributed by atoms with Crippen LogP contribution in [0.15, 0.2) is 36.7 Å². The summed E-state index contributed by atoms with van der Waals surface area (Å²) in [7, 11) is 0. The highest BCUT2D eigenvalue weighted by molar-refractivity contribution is 6.05. The smallest absolute Gasteiger partial charge is 0.278 e. The van der Waals surface area contributed by atoms with Gasteiger partial charge in [0.2, 0.25) is 0 Å². The monoisotopic (exact) mass is 322 g/mol. The van der Waals surface area contributed by atoms with Crippen molar-refractivity contribution in [2.75, 3.05) is 29.4 Å². The number of nitrogens with zero attached hydrogens (tertiary/aromatic N) is 4. The Hall–Kier alpha value is -2.43. The van der Waals surface area contributed by atoms with Crippen molar-refractivity contribution < 1.29 is 4.79 Å². The lowest BCUT2D eigenvalue weighted by Crippen LogP contribution is -2.34. The number of aromatic nitrogens is 2. The Morgan fingerprint density at radius 2 is 1.88 bits per heavy atom. The van der Waals surface area contributed by atoms with Gasteiger partial charge in [0.25, 0.3) is 5.91 Å². The van der Waals surface area contributed by atoms with Crippen LogP contribution in [0.2, 0.25) is 0 Å². The van der Waals surface area contributed by atoms with Gasteiger partial charge in [0.1, 0.15) is 11.5 Å². The maximum absolute atomic E-state index is 12.8. The van der Waals surface area contributed by atoms with Gasteiger partial charge in [-0.05, 0) is 36.8 Å². The molecular formula is C19H22N4O. The van der Waals surface area contributed by atoms with Gasteiger partial charge < -0.3 is 9.80 Å². The van der Waals surface area contributed by atoms with Crippen LogP contribution >= 0.6 is 0 Å². The van der Waals surface area contributed by atoms with Gasteiger partial charge in [-0.3, -0.25) is 4.79 Å². The Bertz CT molecular complexity index is 735. The van der Waals surface area contributed by atoms with Gasteiger partial charge in [0.15, 0.2) is 0 Å². The van der Waals surface area contributed by atoms with E-state index in [1.54, 1.807) is 12.4 Å². The van der Waals surface area contributed by atoms with Crippen LogP contribution < -0.4 is 9.80 Å². The molecule has 1 saturated heterocycles. The van der Waals surface area contributed by atoms with E-state index in [-0.39, 0.29) is 5.91 Å². The third-order valence-corrected chi connectivity index (χ3v) is 5.10. The van der Waals surface area contributed by atoms with E-state index < -0.39 is 0 Å². The SMILES string of the molecule is CC1CCN(c2cnc(C(=O)N3CCc4ccccc43)cn2)CC1. The molecule has 0 spiro atoms. The molecule has 0 atom stereocenters. The number of fused-ring (bicyclic) bond motifs is 1. The third kappa shape index (κ3) is 2.75. The summed E-state index contributed by atoms with van der Waals surface area (Å²) in [5.41, 5.74) is 2.64. The zero-order valence-electron chi connectivity index (χ0n) is 14.0. The van der Waals surface area contributed by atoms with Crippen LogP contribution in [0.3, 0.4) is 0 Å². The highest BCUT2D eigenvalue weighted by atomic mass is 16.2. The highest BCUT2D eigenvalue weighted by Crippen LogP contribution is 2.28. The van der Waals surface area contributed by atoms with Crippen molar-refractivity contribution in [3.63, 3.8) is 0 Å². The average Bonchev–Trinajstić information content (AvgIpc) is 3.06. The van der Waals surface area contributed by atoms with Crippen LogP contribution in [0.25, 0.3) is 0 Å². The van der Waals surface area contributed by atoms with Crippen LogP contribution in [0.4, 0.5) is 11.5 Å². The zero-order valence-corrected chi connectivity index (χ0v) is 14.0. The molecule has 1 aromatic heterocycles. The van der Waals surface area contributed by atoms with Gasteiger partial charge in [0.05, 0.1) is 12.4 Å². The maximum Gasteiger partial charge on any atom is 0.278 e. The molecule has 0 N–H and O–H groups in total. The van der Waals surface area contributed by atoms with Crippen LogP contribution in [0.1, 0.15) is 35.8 Å². The van der Waals surface area contributed by atoms with E-state index in [2.05, 4.69) is 27.9 Å². The first-order valence-electron chi connectivity index (χ1n) is 8.69. The Morgan fingerprint density at radius 3 is 2.62 bits per heavy atom. The molecule has 5 nitrogen and oxygen atoms in total. The Balaban J connectivity index is 1.50. The first kappa shape index (κ1) is 15.1. The molecule has 0 unspecified atom stereocenters. The summed E-state index contributed by atoms with van der Waals surface area (Å²) < 4.78 is 0. The molecule has 124 valence electrons. The molecule has 2 aromatic rings. The molecule has 2 aliphatic heterocycles. The van der Waals surface area contributed by atoms with Crippen LogP contribution in [-0.2, 0) is 6.42 Å². The van der Waals surface area contributed by atoms with Crippen molar-refractivity contribution in [2.45, 2.75) is 26.2 Å². The number of anilines is 2. The molecule has 1 fully saturated rings. The van der Waals surface area contributed by atoms with Crippen molar-refractivity contribution in [3.05, 3.63) is 47.9 Å². The molecule has 24 heavy (non-hydrogen) atoms. The highest BCUT2D eigenvalue weighted by Gasteiger charge is 2.26. The van der Waals surface area contributed by atoms with E-state index in [4.69, 9.17) is 0 Å². The summed E-state index contributed by atoms with van der Waals surface area (Å²) in [5, 5.41) is 0. The van der Waals surface area contributed by atoms with Crippen LogP contribution in [-0.4, -0.2) is 35.5 Å². The molecule has 0 saturated carbocycles. The number of rotatable bonds is 2. The fourth-order valence-electron chi connectivity index (χ4n) is 3.52. The molecule has 2 aliphatic rings. The quantitative estimate of drug-likeness (QED) is 0.853. The number of piperidine rings is 1. The van der Waals surface area contributed by atoms with Crippen LogP contribution in [0.5, 0.6) is 0 Å². The van der Waals surface area contributed by atoms with E-state index in [0.717, 1.165) is 36.9 Å². The van der Waals surface area contributed by atoms with E-state index >= 15 is 0 Å². The van der Waals surface area contributed by atoms with Gasteiger partial charge in [-0.1, -0.05) is 25.1 Å². The van der Waals surface area contributed by atoms with Gasteiger partial charge in [-0.25, -0.2) is 9.97 Å². The Labute approximate surface area is 142 Å². The van der Waals surface area contributed by atoms with Crippen molar-refractivity contribution in [2.24, 2.45) is 5.92 Å². The molecule has 4 rings (SSSR count).